The molecular weight excluding hydrogens is 236 g/mol. The summed E-state index contributed by atoms with van der Waals surface area (Å²) < 4.78 is 6.06. The zero-order chi connectivity index (χ0) is 14.1. The van der Waals surface area contributed by atoms with Gasteiger partial charge in [0, 0.05) is 6.61 Å². The quantitative estimate of drug-likeness (QED) is 0.811. The van der Waals surface area contributed by atoms with E-state index in [1.54, 1.807) is 0 Å². The van der Waals surface area contributed by atoms with Crippen LogP contribution >= 0.6 is 0 Å². The van der Waals surface area contributed by atoms with E-state index in [2.05, 4.69) is 13.8 Å². The molecule has 0 saturated heterocycles. The van der Waals surface area contributed by atoms with E-state index in [1.807, 2.05) is 13.8 Å². The van der Waals surface area contributed by atoms with Crippen LogP contribution in [0, 0.1) is 17.3 Å². The summed E-state index contributed by atoms with van der Waals surface area (Å²) in [5.74, 6) is 1.66. The molecule has 19 heavy (non-hydrogen) atoms. The highest BCUT2D eigenvalue weighted by atomic mass is 16.5. The number of aliphatic hydroxyl groups is 1. The molecule has 0 aromatic rings. The van der Waals surface area contributed by atoms with E-state index in [0.717, 1.165) is 18.3 Å². The van der Waals surface area contributed by atoms with Crippen molar-refractivity contribution in [1.29, 1.82) is 0 Å². The van der Waals surface area contributed by atoms with Gasteiger partial charge in [-0.3, -0.25) is 0 Å². The number of hydrogen-bond donors (Lipinski definition) is 1. The van der Waals surface area contributed by atoms with Crippen molar-refractivity contribution >= 4 is 0 Å². The van der Waals surface area contributed by atoms with Crippen LogP contribution in [0.1, 0.15) is 72.6 Å². The summed E-state index contributed by atoms with van der Waals surface area (Å²) in [6.07, 6.45) is 9.47. The average molecular weight is 268 g/mol. The van der Waals surface area contributed by atoms with E-state index < -0.39 is 5.60 Å². The SMILES string of the molecule is C[C@H](OCCC(C)(C)O)C1CCC2CCCC[C@@]21C. The number of ether oxygens (including phenoxy) is 1. The molecule has 2 saturated carbocycles. The molecule has 1 N–H and O–H groups in total. The highest BCUT2D eigenvalue weighted by Gasteiger charge is 2.49. The van der Waals surface area contributed by atoms with Crippen LogP contribution in [0.25, 0.3) is 0 Å². The number of hydrogen-bond acceptors (Lipinski definition) is 2. The van der Waals surface area contributed by atoms with Crippen molar-refractivity contribution in [3.63, 3.8) is 0 Å². The Morgan fingerprint density at radius 1 is 1.26 bits per heavy atom. The highest BCUT2D eigenvalue weighted by Crippen LogP contribution is 2.56. The zero-order valence-corrected chi connectivity index (χ0v) is 13.2. The normalized spacial score (nSPS) is 37.1. The Morgan fingerprint density at radius 3 is 2.68 bits per heavy atom. The lowest BCUT2D eigenvalue weighted by Crippen LogP contribution is -2.38. The second kappa shape index (κ2) is 5.73. The van der Waals surface area contributed by atoms with Crippen molar-refractivity contribution in [2.24, 2.45) is 17.3 Å². The summed E-state index contributed by atoms with van der Waals surface area (Å²) in [7, 11) is 0. The lowest BCUT2D eigenvalue weighted by molar-refractivity contribution is -0.0500. The third-order valence-corrected chi connectivity index (χ3v) is 5.79. The van der Waals surface area contributed by atoms with Crippen LogP contribution in [0.3, 0.4) is 0 Å². The largest absolute Gasteiger partial charge is 0.390 e. The van der Waals surface area contributed by atoms with Gasteiger partial charge < -0.3 is 9.84 Å². The first-order chi connectivity index (χ1) is 8.83. The smallest absolute Gasteiger partial charge is 0.0613 e. The third kappa shape index (κ3) is 3.52. The van der Waals surface area contributed by atoms with Crippen LogP contribution in [0.4, 0.5) is 0 Å². The van der Waals surface area contributed by atoms with Crippen LogP contribution in [0.2, 0.25) is 0 Å². The summed E-state index contributed by atoms with van der Waals surface area (Å²) in [5.41, 5.74) is -0.0843. The molecule has 0 radical (unpaired) electrons. The molecule has 2 nitrogen and oxygen atoms in total. The maximum atomic E-state index is 9.75. The van der Waals surface area contributed by atoms with Gasteiger partial charge in [0.25, 0.3) is 0 Å². The molecule has 0 aromatic heterocycles. The molecule has 2 unspecified atom stereocenters. The first-order valence-corrected chi connectivity index (χ1v) is 8.17. The average Bonchev–Trinajstić information content (AvgIpc) is 2.64. The monoisotopic (exact) mass is 268 g/mol. The van der Waals surface area contributed by atoms with E-state index in [0.29, 0.717) is 18.1 Å². The first kappa shape index (κ1) is 15.3. The van der Waals surface area contributed by atoms with Crippen LogP contribution < -0.4 is 0 Å². The summed E-state index contributed by atoms with van der Waals surface area (Å²) >= 11 is 0. The van der Waals surface area contributed by atoms with Gasteiger partial charge in [-0.25, -0.2) is 0 Å². The second-order valence-electron chi connectivity index (χ2n) is 7.77. The van der Waals surface area contributed by atoms with Gasteiger partial charge in [-0.05, 0) is 70.1 Å². The van der Waals surface area contributed by atoms with Gasteiger partial charge in [0.15, 0.2) is 0 Å². The molecule has 112 valence electrons. The van der Waals surface area contributed by atoms with Gasteiger partial charge in [-0.1, -0.05) is 19.8 Å². The molecule has 0 spiro atoms. The Balaban J connectivity index is 1.87. The van der Waals surface area contributed by atoms with Crippen molar-refractivity contribution in [1.82, 2.24) is 0 Å². The van der Waals surface area contributed by atoms with E-state index >= 15 is 0 Å². The maximum Gasteiger partial charge on any atom is 0.0613 e. The Hall–Kier alpha value is -0.0800. The summed E-state index contributed by atoms with van der Waals surface area (Å²) in [4.78, 5) is 0. The van der Waals surface area contributed by atoms with Gasteiger partial charge in [-0.15, -0.1) is 0 Å². The lowest BCUT2D eigenvalue weighted by Gasteiger charge is -2.43. The lowest BCUT2D eigenvalue weighted by atomic mass is 9.64. The molecule has 0 amide bonds. The summed E-state index contributed by atoms with van der Waals surface area (Å²) in [5, 5.41) is 9.75. The highest BCUT2D eigenvalue weighted by molar-refractivity contribution is 4.99. The predicted octanol–water partition coefficient (Wildman–Crippen LogP) is 4.16. The first-order valence-electron chi connectivity index (χ1n) is 8.17. The molecule has 0 heterocycles. The summed E-state index contributed by atoms with van der Waals surface area (Å²) in [6.45, 7) is 9.15. The van der Waals surface area contributed by atoms with Gasteiger partial charge in [-0.2, -0.15) is 0 Å². The second-order valence-corrected chi connectivity index (χ2v) is 7.77. The Kier molecular flexibility index (Phi) is 4.62. The van der Waals surface area contributed by atoms with Crippen LogP contribution in [-0.4, -0.2) is 23.4 Å². The molecule has 0 bridgehead atoms. The fourth-order valence-corrected chi connectivity index (χ4v) is 4.48. The Bertz CT molecular complexity index is 294. The molecular formula is C17H32O2. The Morgan fingerprint density at radius 2 is 2.00 bits per heavy atom. The molecule has 2 aliphatic carbocycles. The number of fused-ring (bicyclic) bond motifs is 1. The van der Waals surface area contributed by atoms with Crippen molar-refractivity contribution in [3.05, 3.63) is 0 Å². The van der Waals surface area contributed by atoms with E-state index in [9.17, 15) is 5.11 Å². The zero-order valence-electron chi connectivity index (χ0n) is 13.2. The van der Waals surface area contributed by atoms with Crippen molar-refractivity contribution < 1.29 is 9.84 Å². The minimum absolute atomic E-state index is 0.343. The fraction of sp³-hybridized carbons (Fsp3) is 1.00. The molecule has 2 fully saturated rings. The summed E-state index contributed by atoms with van der Waals surface area (Å²) in [6, 6.07) is 0. The molecule has 0 aromatic carbocycles. The van der Waals surface area contributed by atoms with Crippen molar-refractivity contribution in [2.45, 2.75) is 84.3 Å². The molecule has 0 aliphatic heterocycles. The Labute approximate surface area is 118 Å². The van der Waals surface area contributed by atoms with Gasteiger partial charge in [0.05, 0.1) is 11.7 Å². The van der Waals surface area contributed by atoms with Crippen molar-refractivity contribution in [3.8, 4) is 0 Å². The molecule has 2 aliphatic rings. The van der Waals surface area contributed by atoms with Crippen LogP contribution in [0.15, 0.2) is 0 Å². The van der Waals surface area contributed by atoms with Crippen LogP contribution in [-0.2, 0) is 4.74 Å². The number of rotatable bonds is 5. The van der Waals surface area contributed by atoms with E-state index in [1.165, 1.54) is 38.5 Å². The molecule has 2 rings (SSSR count). The predicted molar refractivity (Wildman–Crippen MR) is 79.1 cm³/mol. The minimum atomic E-state index is -0.604. The topological polar surface area (TPSA) is 29.5 Å². The van der Waals surface area contributed by atoms with Gasteiger partial charge >= 0.3 is 0 Å². The van der Waals surface area contributed by atoms with E-state index in [4.69, 9.17) is 4.74 Å². The third-order valence-electron chi connectivity index (χ3n) is 5.79. The molecule has 2 heteroatoms. The van der Waals surface area contributed by atoms with Crippen LogP contribution in [0.5, 0.6) is 0 Å². The van der Waals surface area contributed by atoms with Crippen molar-refractivity contribution in [2.75, 3.05) is 6.61 Å². The van der Waals surface area contributed by atoms with Gasteiger partial charge in [0.2, 0.25) is 0 Å². The molecule has 4 atom stereocenters. The minimum Gasteiger partial charge on any atom is -0.390 e. The van der Waals surface area contributed by atoms with E-state index in [-0.39, 0.29) is 0 Å². The van der Waals surface area contributed by atoms with Gasteiger partial charge in [0.1, 0.15) is 0 Å². The standard InChI is InChI=1S/C17H32O2/c1-13(19-12-11-16(2,3)18)15-9-8-14-7-5-6-10-17(14,15)4/h13-15,18H,5-12H2,1-4H3/t13-,14?,15?,17-/m0/s1. The fourth-order valence-electron chi connectivity index (χ4n) is 4.48. The maximum absolute atomic E-state index is 9.75.